The van der Waals surface area contributed by atoms with E-state index in [0.717, 1.165) is 94.1 Å². The Balaban J connectivity index is 1.11. The lowest BCUT2D eigenvalue weighted by atomic mass is 10.1. The molecule has 352 valence electrons. The van der Waals surface area contributed by atoms with E-state index in [4.69, 9.17) is 19.9 Å². The summed E-state index contributed by atoms with van der Waals surface area (Å²) in [5.41, 5.74) is 9.63. The maximum absolute atomic E-state index is 5.66. The molecule has 0 saturated carbocycles. The van der Waals surface area contributed by atoms with Crippen molar-refractivity contribution in [3.8, 4) is 56.9 Å². The highest BCUT2D eigenvalue weighted by Crippen LogP contribution is 2.36. The molecule has 0 radical (unpaired) electrons. The normalized spacial score (nSPS) is 11.7. The second-order valence-electron chi connectivity index (χ2n) is 19.0. The SMILES string of the molecule is c1ccc(-c2cc(-n3c4ccccc4c4ccccc43)nc(-c3cc(-c4nc(-c5ccccc5)cc(-n5c6ccccc6c6ccccc65)n4)cc([Si](c4ccccc4)(c4ccccc4)c4ccccc4)c3)n2)cc1. The van der Waals surface area contributed by atoms with E-state index in [2.05, 4.69) is 276 Å². The molecule has 0 aliphatic rings. The molecule has 0 unspecified atom stereocenters. The van der Waals surface area contributed by atoms with Crippen LogP contribution in [-0.4, -0.2) is 37.1 Å². The van der Waals surface area contributed by atoms with Gasteiger partial charge in [0.15, 0.2) is 19.7 Å². The molecule has 14 aromatic rings. The zero-order chi connectivity index (χ0) is 49.7. The van der Waals surface area contributed by atoms with Crippen LogP contribution in [0, 0.1) is 0 Å². The highest BCUT2D eigenvalue weighted by molar-refractivity contribution is 7.20. The van der Waals surface area contributed by atoms with Crippen molar-refractivity contribution in [1.82, 2.24) is 29.1 Å². The molecule has 0 aliphatic heterocycles. The van der Waals surface area contributed by atoms with Crippen molar-refractivity contribution >= 4 is 72.4 Å². The minimum atomic E-state index is -3.18. The van der Waals surface area contributed by atoms with Crippen LogP contribution in [-0.2, 0) is 0 Å². The van der Waals surface area contributed by atoms with Crippen LogP contribution in [0.1, 0.15) is 0 Å². The summed E-state index contributed by atoms with van der Waals surface area (Å²) in [6.07, 6.45) is 0. The predicted octanol–water partition coefficient (Wildman–Crippen LogP) is 13.5. The van der Waals surface area contributed by atoms with Crippen molar-refractivity contribution < 1.29 is 0 Å². The molecule has 0 aliphatic carbocycles. The monoisotopic (exact) mass is 974 g/mol. The van der Waals surface area contributed by atoms with Crippen LogP contribution in [0.3, 0.4) is 0 Å². The topological polar surface area (TPSA) is 61.4 Å². The Morgan fingerprint density at radius 3 is 0.867 bits per heavy atom. The summed E-state index contributed by atoms with van der Waals surface area (Å²) >= 11 is 0. The molecule has 4 heterocycles. The predicted molar refractivity (Wildman–Crippen MR) is 312 cm³/mol. The largest absolute Gasteiger partial charge is 0.294 e. The average molecular weight is 975 g/mol. The molecule has 0 bridgehead atoms. The van der Waals surface area contributed by atoms with E-state index in [1.807, 2.05) is 12.1 Å². The number of nitrogens with zero attached hydrogens (tertiary/aromatic N) is 6. The van der Waals surface area contributed by atoms with Crippen LogP contribution in [0.2, 0.25) is 0 Å². The van der Waals surface area contributed by atoms with E-state index in [9.17, 15) is 0 Å². The quantitative estimate of drug-likeness (QED) is 0.101. The number of aromatic nitrogens is 6. The van der Waals surface area contributed by atoms with Crippen molar-refractivity contribution in [2.45, 2.75) is 0 Å². The number of rotatable bonds is 10. The van der Waals surface area contributed by atoms with E-state index < -0.39 is 8.07 Å². The van der Waals surface area contributed by atoms with E-state index >= 15 is 0 Å². The van der Waals surface area contributed by atoms with E-state index in [0.29, 0.717) is 11.6 Å². The van der Waals surface area contributed by atoms with Crippen molar-refractivity contribution in [3.63, 3.8) is 0 Å². The van der Waals surface area contributed by atoms with Gasteiger partial charge in [-0.2, -0.15) is 0 Å². The summed E-state index contributed by atoms with van der Waals surface area (Å²) in [6, 6.07) is 99.6. The molecular weight excluding hydrogens is 929 g/mol. The first-order chi connectivity index (χ1) is 37.2. The lowest BCUT2D eigenvalue weighted by molar-refractivity contribution is 1.04. The number of para-hydroxylation sites is 4. The lowest BCUT2D eigenvalue weighted by Crippen LogP contribution is -2.74. The number of hydrogen-bond acceptors (Lipinski definition) is 4. The second kappa shape index (κ2) is 18.3. The van der Waals surface area contributed by atoms with E-state index in [1.165, 1.54) is 15.6 Å². The van der Waals surface area contributed by atoms with Gasteiger partial charge in [0.1, 0.15) is 11.6 Å². The van der Waals surface area contributed by atoms with Crippen LogP contribution in [0.25, 0.3) is 101 Å². The van der Waals surface area contributed by atoms with Crippen LogP contribution in [0.5, 0.6) is 0 Å². The van der Waals surface area contributed by atoms with Crippen molar-refractivity contribution in [3.05, 3.63) is 279 Å². The molecule has 6 nitrogen and oxygen atoms in total. The van der Waals surface area contributed by atoms with Crippen molar-refractivity contribution in [2.24, 2.45) is 0 Å². The Hall–Kier alpha value is -9.82. The second-order valence-corrected chi connectivity index (χ2v) is 22.8. The molecule has 10 aromatic carbocycles. The summed E-state index contributed by atoms with van der Waals surface area (Å²) < 4.78 is 4.57. The maximum atomic E-state index is 5.66. The van der Waals surface area contributed by atoms with Gasteiger partial charge in [-0.05, 0) is 51.1 Å². The molecule has 75 heavy (non-hydrogen) atoms. The van der Waals surface area contributed by atoms with Gasteiger partial charge < -0.3 is 0 Å². The van der Waals surface area contributed by atoms with E-state index in [1.54, 1.807) is 0 Å². The Kier molecular flexibility index (Phi) is 10.7. The lowest BCUT2D eigenvalue weighted by Gasteiger charge is -2.35. The van der Waals surface area contributed by atoms with Gasteiger partial charge in [0.2, 0.25) is 0 Å². The van der Waals surface area contributed by atoms with Gasteiger partial charge >= 0.3 is 0 Å². The number of fused-ring (bicyclic) bond motifs is 6. The fourth-order valence-electron chi connectivity index (χ4n) is 11.4. The molecular formula is C68H46N6Si. The summed E-state index contributed by atoms with van der Waals surface area (Å²) in [6.45, 7) is 0. The van der Waals surface area contributed by atoms with Gasteiger partial charge in [-0.25, -0.2) is 19.9 Å². The summed E-state index contributed by atoms with van der Waals surface area (Å²) in [5.74, 6) is 2.74. The van der Waals surface area contributed by atoms with Crippen LogP contribution >= 0.6 is 0 Å². The van der Waals surface area contributed by atoms with Gasteiger partial charge in [-0.15, -0.1) is 0 Å². The minimum absolute atomic E-state index is 0.593. The van der Waals surface area contributed by atoms with E-state index in [-0.39, 0.29) is 0 Å². The first-order valence-electron chi connectivity index (χ1n) is 25.4. The van der Waals surface area contributed by atoms with Gasteiger partial charge in [0.05, 0.1) is 33.5 Å². The van der Waals surface area contributed by atoms with Crippen LogP contribution < -0.4 is 20.7 Å². The van der Waals surface area contributed by atoms with Gasteiger partial charge in [-0.1, -0.05) is 237 Å². The Labute approximate surface area is 435 Å². The summed E-state index contributed by atoms with van der Waals surface area (Å²) in [5, 5.41) is 9.56. The van der Waals surface area contributed by atoms with Crippen LogP contribution in [0.15, 0.2) is 279 Å². The Bertz CT molecular complexity index is 3980. The highest BCUT2D eigenvalue weighted by atomic mass is 28.3. The molecule has 0 atom stereocenters. The first-order valence-corrected chi connectivity index (χ1v) is 27.4. The van der Waals surface area contributed by atoms with Gasteiger partial charge in [0, 0.05) is 55.9 Å². The third-order valence-corrected chi connectivity index (χ3v) is 19.4. The maximum Gasteiger partial charge on any atom is 0.179 e. The Morgan fingerprint density at radius 1 is 0.240 bits per heavy atom. The molecule has 0 amide bonds. The number of hydrogen-bond donors (Lipinski definition) is 0. The molecule has 0 fully saturated rings. The van der Waals surface area contributed by atoms with Crippen molar-refractivity contribution in [2.75, 3.05) is 0 Å². The molecule has 4 aromatic heterocycles. The third-order valence-electron chi connectivity index (χ3n) is 14.7. The fraction of sp³-hybridized carbons (Fsp3) is 0. The zero-order valence-electron chi connectivity index (χ0n) is 40.7. The molecule has 0 saturated heterocycles. The van der Waals surface area contributed by atoms with Crippen LogP contribution in [0.4, 0.5) is 0 Å². The number of benzene rings is 10. The smallest absolute Gasteiger partial charge is 0.179 e. The molecule has 0 N–H and O–H groups in total. The molecule has 7 heteroatoms. The standard InChI is InChI=1S/C68H46N6Si/c1-6-24-47(25-7-1)59-45-65(73-61-38-20-16-34-55(61)56-35-17-21-39-62(56)73)71-67(69-59)49-42-50(44-54(43-49)75(51-28-10-3-11-29-51,52-30-12-4-13-31-52)53-32-14-5-15-33-53)68-70-60(48-26-8-2-9-27-48)46-66(72-68)74-63-40-22-18-36-57(63)58-37-19-23-41-64(58)74/h1-46H. The third kappa shape index (κ3) is 7.48. The first kappa shape index (κ1) is 43.9. The zero-order valence-corrected chi connectivity index (χ0v) is 41.7. The summed E-state index contributed by atoms with van der Waals surface area (Å²) in [7, 11) is -3.18. The molecule has 14 rings (SSSR count). The van der Waals surface area contributed by atoms with Crippen molar-refractivity contribution in [1.29, 1.82) is 0 Å². The highest BCUT2D eigenvalue weighted by Gasteiger charge is 2.42. The molecule has 0 spiro atoms. The fourth-order valence-corrected chi connectivity index (χ4v) is 16.2. The minimum Gasteiger partial charge on any atom is -0.294 e. The van der Waals surface area contributed by atoms with Gasteiger partial charge in [0.25, 0.3) is 0 Å². The summed E-state index contributed by atoms with van der Waals surface area (Å²) in [4.78, 5) is 22.4. The van der Waals surface area contributed by atoms with Gasteiger partial charge in [-0.3, -0.25) is 9.13 Å². The Morgan fingerprint density at radius 2 is 0.533 bits per heavy atom. The average Bonchev–Trinajstić information content (AvgIpc) is 4.02.